The van der Waals surface area contributed by atoms with Gasteiger partial charge in [0, 0.05) is 37.8 Å². The summed E-state index contributed by atoms with van der Waals surface area (Å²) in [7, 11) is 0. The fraction of sp³-hybridized carbons (Fsp3) is 1.00. The highest BCUT2D eigenvalue weighted by atomic mass is 15.3. The average molecular weight is 251 g/mol. The molecule has 3 aliphatic rings. The van der Waals surface area contributed by atoms with E-state index in [0.717, 1.165) is 18.1 Å². The van der Waals surface area contributed by atoms with Crippen molar-refractivity contribution in [1.82, 2.24) is 15.1 Å². The smallest absolute Gasteiger partial charge is 0.0238 e. The van der Waals surface area contributed by atoms with Gasteiger partial charge in [0.05, 0.1) is 0 Å². The second-order valence-corrected chi connectivity index (χ2v) is 6.41. The number of hydrogen-bond donors (Lipinski definition) is 1. The number of piperidine rings is 1. The van der Waals surface area contributed by atoms with Gasteiger partial charge in [-0.25, -0.2) is 0 Å². The summed E-state index contributed by atoms with van der Waals surface area (Å²) in [5.74, 6) is 0. The van der Waals surface area contributed by atoms with Crippen LogP contribution in [0, 0.1) is 0 Å². The van der Waals surface area contributed by atoms with Gasteiger partial charge in [-0.3, -0.25) is 9.80 Å². The molecule has 1 saturated carbocycles. The van der Waals surface area contributed by atoms with E-state index in [0.29, 0.717) is 0 Å². The first-order chi connectivity index (χ1) is 8.88. The van der Waals surface area contributed by atoms with Crippen LogP contribution >= 0.6 is 0 Å². The van der Waals surface area contributed by atoms with Crippen LogP contribution in [0.25, 0.3) is 0 Å². The Morgan fingerprint density at radius 2 is 2.06 bits per heavy atom. The monoisotopic (exact) mass is 251 g/mol. The Hall–Kier alpha value is -0.120. The lowest BCUT2D eigenvalue weighted by Crippen LogP contribution is -2.51. The molecule has 0 amide bonds. The average Bonchev–Trinajstić information content (AvgIpc) is 3.16. The highest BCUT2D eigenvalue weighted by Crippen LogP contribution is 2.32. The number of nitrogens with zero attached hydrogens (tertiary/aromatic N) is 2. The van der Waals surface area contributed by atoms with Crippen molar-refractivity contribution in [2.45, 2.75) is 63.6 Å². The van der Waals surface area contributed by atoms with E-state index < -0.39 is 0 Å². The predicted molar refractivity (Wildman–Crippen MR) is 75.9 cm³/mol. The van der Waals surface area contributed by atoms with Crippen molar-refractivity contribution in [2.75, 3.05) is 32.7 Å². The Balaban J connectivity index is 1.58. The zero-order valence-corrected chi connectivity index (χ0v) is 11.9. The van der Waals surface area contributed by atoms with Crippen LogP contribution in [-0.2, 0) is 0 Å². The Morgan fingerprint density at radius 3 is 2.72 bits per heavy atom. The molecule has 3 rings (SSSR count). The number of hydrogen-bond acceptors (Lipinski definition) is 3. The number of nitrogens with one attached hydrogen (secondary N) is 1. The quantitative estimate of drug-likeness (QED) is 0.802. The van der Waals surface area contributed by atoms with Crippen molar-refractivity contribution < 1.29 is 0 Å². The van der Waals surface area contributed by atoms with Crippen LogP contribution in [0.5, 0.6) is 0 Å². The molecule has 2 heterocycles. The lowest BCUT2D eigenvalue weighted by Gasteiger charge is -2.38. The summed E-state index contributed by atoms with van der Waals surface area (Å²) in [4.78, 5) is 5.60. The topological polar surface area (TPSA) is 18.5 Å². The van der Waals surface area contributed by atoms with E-state index in [1.165, 1.54) is 71.2 Å². The minimum absolute atomic E-state index is 0.808. The van der Waals surface area contributed by atoms with Gasteiger partial charge < -0.3 is 5.32 Å². The van der Waals surface area contributed by atoms with Crippen LogP contribution in [0.3, 0.4) is 0 Å². The maximum Gasteiger partial charge on any atom is 0.0238 e. The van der Waals surface area contributed by atoms with Crippen LogP contribution in [0.15, 0.2) is 0 Å². The lowest BCUT2D eigenvalue weighted by molar-refractivity contribution is 0.112. The molecule has 18 heavy (non-hydrogen) atoms. The van der Waals surface area contributed by atoms with Gasteiger partial charge in [-0.1, -0.05) is 6.92 Å². The highest BCUT2D eigenvalue weighted by Gasteiger charge is 2.37. The normalized spacial score (nSPS) is 34.3. The Bertz CT molecular complexity index is 258. The molecular weight excluding hydrogens is 222 g/mol. The van der Waals surface area contributed by atoms with E-state index in [2.05, 4.69) is 22.0 Å². The van der Waals surface area contributed by atoms with Crippen LogP contribution in [0.1, 0.15) is 45.4 Å². The molecule has 104 valence electrons. The van der Waals surface area contributed by atoms with Gasteiger partial charge in [0.15, 0.2) is 0 Å². The summed E-state index contributed by atoms with van der Waals surface area (Å²) in [5, 5.41) is 3.59. The minimum atomic E-state index is 0.808. The zero-order valence-electron chi connectivity index (χ0n) is 11.9. The number of rotatable bonds is 5. The van der Waals surface area contributed by atoms with Crippen molar-refractivity contribution in [3.63, 3.8) is 0 Å². The van der Waals surface area contributed by atoms with Crippen LogP contribution in [-0.4, -0.2) is 60.6 Å². The third-order valence-corrected chi connectivity index (χ3v) is 4.95. The molecule has 0 aromatic carbocycles. The van der Waals surface area contributed by atoms with Crippen molar-refractivity contribution in [1.29, 1.82) is 0 Å². The first-order valence-corrected chi connectivity index (χ1v) is 8.09. The molecule has 2 aliphatic heterocycles. The SMILES string of the molecule is CCCN(C1CCCNC1)C1CCN(C2CC2)C1. The third-order valence-electron chi connectivity index (χ3n) is 4.95. The fourth-order valence-corrected chi connectivity index (χ4v) is 3.85. The van der Waals surface area contributed by atoms with E-state index in [4.69, 9.17) is 0 Å². The maximum absolute atomic E-state index is 3.59. The summed E-state index contributed by atoms with van der Waals surface area (Å²) >= 11 is 0. The summed E-state index contributed by atoms with van der Waals surface area (Å²) in [5.41, 5.74) is 0. The van der Waals surface area contributed by atoms with E-state index in [1.54, 1.807) is 0 Å². The second-order valence-electron chi connectivity index (χ2n) is 6.41. The van der Waals surface area contributed by atoms with Crippen LogP contribution in [0.4, 0.5) is 0 Å². The van der Waals surface area contributed by atoms with Gasteiger partial charge in [-0.05, 0) is 51.6 Å². The first kappa shape index (κ1) is 12.9. The minimum Gasteiger partial charge on any atom is -0.315 e. The van der Waals surface area contributed by atoms with Crippen LogP contribution < -0.4 is 5.32 Å². The van der Waals surface area contributed by atoms with Gasteiger partial charge in [-0.15, -0.1) is 0 Å². The third kappa shape index (κ3) is 2.89. The first-order valence-electron chi connectivity index (χ1n) is 8.09. The maximum atomic E-state index is 3.59. The molecule has 2 saturated heterocycles. The molecule has 2 atom stereocenters. The Labute approximate surface area is 112 Å². The van der Waals surface area contributed by atoms with Gasteiger partial charge >= 0.3 is 0 Å². The summed E-state index contributed by atoms with van der Waals surface area (Å²) in [6.07, 6.45) is 8.41. The van der Waals surface area contributed by atoms with Crippen molar-refractivity contribution in [3.8, 4) is 0 Å². The molecule has 2 unspecified atom stereocenters. The standard InChI is InChI=1S/C15H29N3/c1-2-9-18(14-4-3-8-16-11-14)15-7-10-17(12-15)13-5-6-13/h13-16H,2-12H2,1H3. The van der Waals surface area contributed by atoms with Crippen LogP contribution in [0.2, 0.25) is 0 Å². The summed E-state index contributed by atoms with van der Waals surface area (Å²) in [6.45, 7) is 8.79. The molecular formula is C15H29N3. The molecule has 3 nitrogen and oxygen atoms in total. The fourth-order valence-electron chi connectivity index (χ4n) is 3.85. The van der Waals surface area contributed by atoms with Crippen molar-refractivity contribution in [3.05, 3.63) is 0 Å². The summed E-state index contributed by atoms with van der Waals surface area (Å²) < 4.78 is 0. The second kappa shape index (κ2) is 5.89. The van der Waals surface area contributed by atoms with Gasteiger partial charge in [-0.2, -0.15) is 0 Å². The molecule has 0 radical (unpaired) electrons. The van der Waals surface area contributed by atoms with Gasteiger partial charge in [0.2, 0.25) is 0 Å². The van der Waals surface area contributed by atoms with E-state index in [1.807, 2.05) is 0 Å². The molecule has 0 bridgehead atoms. The molecule has 3 heteroatoms. The Kier molecular flexibility index (Phi) is 4.22. The summed E-state index contributed by atoms with van der Waals surface area (Å²) in [6, 6.07) is 2.61. The van der Waals surface area contributed by atoms with Gasteiger partial charge in [0.25, 0.3) is 0 Å². The molecule has 0 aromatic heterocycles. The molecule has 1 N–H and O–H groups in total. The number of likely N-dealkylation sites (tertiary alicyclic amines) is 1. The predicted octanol–water partition coefficient (Wildman–Crippen LogP) is 1.69. The molecule has 0 spiro atoms. The largest absolute Gasteiger partial charge is 0.315 e. The zero-order chi connectivity index (χ0) is 12.4. The highest BCUT2D eigenvalue weighted by molar-refractivity contribution is 4.94. The molecule has 3 fully saturated rings. The molecule has 0 aromatic rings. The van der Waals surface area contributed by atoms with E-state index in [-0.39, 0.29) is 0 Å². The van der Waals surface area contributed by atoms with E-state index in [9.17, 15) is 0 Å². The van der Waals surface area contributed by atoms with E-state index >= 15 is 0 Å². The Morgan fingerprint density at radius 1 is 1.17 bits per heavy atom. The lowest BCUT2D eigenvalue weighted by atomic mass is 10.0. The van der Waals surface area contributed by atoms with Gasteiger partial charge in [0.1, 0.15) is 0 Å². The molecule has 1 aliphatic carbocycles. The van der Waals surface area contributed by atoms with Crippen molar-refractivity contribution in [2.24, 2.45) is 0 Å². The van der Waals surface area contributed by atoms with Crippen molar-refractivity contribution >= 4 is 0 Å².